The third kappa shape index (κ3) is 3.41. The van der Waals surface area contributed by atoms with Gasteiger partial charge >= 0.3 is 0 Å². The van der Waals surface area contributed by atoms with Gasteiger partial charge in [-0.25, -0.2) is 0 Å². The van der Waals surface area contributed by atoms with E-state index in [1.54, 1.807) is 6.21 Å². The van der Waals surface area contributed by atoms with Gasteiger partial charge in [0.25, 0.3) is 0 Å². The van der Waals surface area contributed by atoms with E-state index in [0.717, 1.165) is 32.3 Å². The van der Waals surface area contributed by atoms with E-state index >= 15 is 0 Å². The number of nitrogens with zero attached hydrogens (tertiary/aromatic N) is 2. The van der Waals surface area contributed by atoms with Crippen LogP contribution >= 0.6 is 15.9 Å². The number of halogens is 1. The van der Waals surface area contributed by atoms with E-state index in [0.29, 0.717) is 0 Å². The molecule has 24 heavy (non-hydrogen) atoms. The second-order valence-electron chi connectivity index (χ2n) is 6.33. The summed E-state index contributed by atoms with van der Waals surface area (Å²) < 4.78 is 22.3. The predicted octanol–water partition coefficient (Wildman–Crippen LogP) is 5.14. The molecule has 0 aliphatic heterocycles. The number of rotatable bonds is 3. The van der Waals surface area contributed by atoms with Gasteiger partial charge in [0.05, 0.1) is 6.21 Å². The zero-order chi connectivity index (χ0) is 17.3. The Labute approximate surface area is 152 Å². The SMILES string of the molecule is CC(C)(C)[S@+]([O-])/N=C/c1cccc(Br)c1-c1noc2ccccc12. The molecule has 6 heteroatoms. The monoisotopic (exact) mass is 404 g/mol. The lowest BCUT2D eigenvalue weighted by Gasteiger charge is -2.17. The second-order valence-corrected chi connectivity index (χ2v) is 9.12. The van der Waals surface area contributed by atoms with Crippen LogP contribution in [0.3, 0.4) is 0 Å². The molecule has 0 saturated carbocycles. The van der Waals surface area contributed by atoms with Crippen molar-refractivity contribution in [2.45, 2.75) is 25.5 Å². The topological polar surface area (TPSA) is 61.5 Å². The van der Waals surface area contributed by atoms with Gasteiger partial charge in [0.2, 0.25) is 0 Å². The van der Waals surface area contributed by atoms with Gasteiger partial charge < -0.3 is 9.08 Å². The van der Waals surface area contributed by atoms with Crippen LogP contribution in [0.25, 0.3) is 22.2 Å². The van der Waals surface area contributed by atoms with Crippen molar-refractivity contribution in [2.75, 3.05) is 0 Å². The first-order valence-corrected chi connectivity index (χ1v) is 9.37. The molecule has 1 aromatic heterocycles. The van der Waals surface area contributed by atoms with Crippen molar-refractivity contribution in [2.24, 2.45) is 4.40 Å². The summed E-state index contributed by atoms with van der Waals surface area (Å²) in [6, 6.07) is 13.5. The Bertz CT molecular complexity index is 899. The maximum Gasteiger partial charge on any atom is 0.167 e. The number of hydrogen-bond donors (Lipinski definition) is 0. The molecule has 0 aliphatic carbocycles. The van der Waals surface area contributed by atoms with Gasteiger partial charge in [-0.3, -0.25) is 0 Å². The zero-order valence-corrected chi connectivity index (χ0v) is 16.0. The highest BCUT2D eigenvalue weighted by Crippen LogP contribution is 2.35. The Morgan fingerprint density at radius 1 is 1.17 bits per heavy atom. The molecule has 0 fully saturated rings. The smallest absolute Gasteiger partial charge is 0.167 e. The zero-order valence-electron chi connectivity index (χ0n) is 13.6. The first kappa shape index (κ1) is 17.2. The highest BCUT2D eigenvalue weighted by Gasteiger charge is 2.26. The number of hydrogen-bond acceptors (Lipinski definition) is 4. The van der Waals surface area contributed by atoms with Crippen molar-refractivity contribution < 1.29 is 9.08 Å². The highest BCUT2D eigenvalue weighted by molar-refractivity contribution is 9.10. The molecule has 0 N–H and O–H groups in total. The standard InChI is InChI=1S/C18H17BrN2O2S/c1-18(2,3)24(22)20-11-12-7-6-9-14(19)16(12)17-13-8-4-5-10-15(13)23-21-17/h4-11H,1-3H3/b20-11+/t24-/m0/s1. The first-order valence-electron chi connectivity index (χ1n) is 7.47. The van der Waals surface area contributed by atoms with Crippen molar-refractivity contribution in [3.05, 3.63) is 52.5 Å². The maximum absolute atomic E-state index is 12.2. The Hall–Kier alpha value is -1.63. The number of benzene rings is 2. The van der Waals surface area contributed by atoms with E-state index < -0.39 is 16.1 Å². The van der Waals surface area contributed by atoms with Crippen molar-refractivity contribution in [3.8, 4) is 11.3 Å². The van der Waals surface area contributed by atoms with E-state index in [9.17, 15) is 4.55 Å². The van der Waals surface area contributed by atoms with Crippen molar-refractivity contribution >= 4 is 44.5 Å². The van der Waals surface area contributed by atoms with Gasteiger partial charge in [-0.2, -0.15) is 0 Å². The van der Waals surface area contributed by atoms with Crippen LogP contribution in [0.2, 0.25) is 0 Å². The lowest BCUT2D eigenvalue weighted by atomic mass is 10.0. The molecule has 0 spiro atoms. The van der Waals surface area contributed by atoms with Crippen LogP contribution in [0.4, 0.5) is 0 Å². The molecule has 3 rings (SSSR count). The normalized spacial score (nSPS) is 13.7. The summed E-state index contributed by atoms with van der Waals surface area (Å²) in [5, 5.41) is 5.15. The van der Waals surface area contributed by atoms with Crippen LogP contribution < -0.4 is 0 Å². The third-order valence-electron chi connectivity index (χ3n) is 3.47. The number of fused-ring (bicyclic) bond motifs is 1. The summed E-state index contributed by atoms with van der Waals surface area (Å²) in [5.41, 5.74) is 3.17. The van der Waals surface area contributed by atoms with Crippen LogP contribution in [-0.2, 0) is 11.4 Å². The van der Waals surface area contributed by atoms with Crippen molar-refractivity contribution in [1.82, 2.24) is 5.16 Å². The molecule has 0 bridgehead atoms. The van der Waals surface area contributed by atoms with Gasteiger partial charge in [-0.1, -0.05) is 49.7 Å². The maximum atomic E-state index is 12.2. The summed E-state index contributed by atoms with van der Waals surface area (Å²) in [5.74, 6) is 0. The highest BCUT2D eigenvalue weighted by atomic mass is 79.9. The average molecular weight is 405 g/mol. The Kier molecular flexibility index (Phi) is 4.80. The van der Waals surface area contributed by atoms with E-state index in [2.05, 4.69) is 25.5 Å². The van der Waals surface area contributed by atoms with Gasteiger partial charge in [-0.15, -0.1) is 0 Å². The van der Waals surface area contributed by atoms with E-state index in [1.165, 1.54) is 0 Å². The molecule has 1 atom stereocenters. The fourth-order valence-electron chi connectivity index (χ4n) is 2.23. The molecule has 0 amide bonds. The fraction of sp³-hybridized carbons (Fsp3) is 0.222. The largest absolute Gasteiger partial charge is 0.591 e. The lowest BCUT2D eigenvalue weighted by molar-refractivity contribution is 0.459. The van der Waals surface area contributed by atoms with Gasteiger partial charge in [-0.05, 0) is 39.0 Å². The minimum absolute atomic E-state index is 0.400. The number of aromatic nitrogens is 1. The fourth-order valence-corrected chi connectivity index (χ4v) is 3.32. The molecular formula is C18H17BrN2O2S. The van der Waals surface area contributed by atoms with Crippen molar-refractivity contribution in [1.29, 1.82) is 0 Å². The Balaban J connectivity index is 2.11. The lowest BCUT2D eigenvalue weighted by Crippen LogP contribution is -2.25. The summed E-state index contributed by atoms with van der Waals surface area (Å²) in [6.45, 7) is 5.69. The van der Waals surface area contributed by atoms with Crippen LogP contribution in [0.5, 0.6) is 0 Å². The minimum Gasteiger partial charge on any atom is -0.591 e. The molecule has 1 heterocycles. The predicted molar refractivity (Wildman–Crippen MR) is 103 cm³/mol. The molecule has 0 radical (unpaired) electrons. The van der Waals surface area contributed by atoms with Crippen LogP contribution in [0.15, 0.2) is 55.9 Å². The summed E-state index contributed by atoms with van der Waals surface area (Å²) in [4.78, 5) is 0. The van der Waals surface area contributed by atoms with Crippen LogP contribution in [0.1, 0.15) is 26.3 Å². The molecule has 3 aromatic rings. The second kappa shape index (κ2) is 6.70. The van der Waals surface area contributed by atoms with Crippen molar-refractivity contribution in [3.63, 3.8) is 0 Å². The molecule has 0 saturated heterocycles. The molecule has 4 nitrogen and oxygen atoms in total. The molecule has 0 aliphatic rings. The summed E-state index contributed by atoms with van der Waals surface area (Å²) >= 11 is 2.27. The quantitative estimate of drug-likeness (QED) is 0.448. The molecule has 0 unspecified atom stereocenters. The molecule has 124 valence electrons. The molecule has 2 aromatic carbocycles. The van der Waals surface area contributed by atoms with Crippen LogP contribution in [0, 0.1) is 0 Å². The minimum atomic E-state index is -1.32. The third-order valence-corrected chi connectivity index (χ3v) is 5.48. The van der Waals surface area contributed by atoms with E-state index in [1.807, 2.05) is 63.2 Å². The van der Waals surface area contributed by atoms with E-state index in [-0.39, 0.29) is 0 Å². The summed E-state index contributed by atoms with van der Waals surface area (Å²) in [7, 11) is 0. The Morgan fingerprint density at radius 2 is 1.92 bits per heavy atom. The molecular weight excluding hydrogens is 388 g/mol. The first-order chi connectivity index (χ1) is 11.4. The van der Waals surface area contributed by atoms with E-state index in [4.69, 9.17) is 4.52 Å². The van der Waals surface area contributed by atoms with Crippen LogP contribution in [-0.4, -0.2) is 20.7 Å². The Morgan fingerprint density at radius 3 is 2.67 bits per heavy atom. The van der Waals surface area contributed by atoms with Gasteiger partial charge in [0.1, 0.15) is 21.8 Å². The number of para-hydroxylation sites is 1. The average Bonchev–Trinajstić information content (AvgIpc) is 2.95. The van der Waals surface area contributed by atoms with Gasteiger partial charge in [0.15, 0.2) is 5.58 Å². The summed E-state index contributed by atoms with van der Waals surface area (Å²) in [6.07, 6.45) is 1.64. The van der Waals surface area contributed by atoms with Gasteiger partial charge in [0, 0.05) is 21.0 Å².